The van der Waals surface area contributed by atoms with Crippen molar-refractivity contribution in [1.82, 2.24) is 10.2 Å². The molecule has 2 aliphatic rings. The molecule has 2 heterocycles. The molecular formula is C19H24N2O5. The molecule has 1 aromatic carbocycles. The number of imide groups is 1. The minimum absolute atomic E-state index is 0.111. The molecule has 0 spiro atoms. The SMILES string of the molecule is CCC[C@@]1(C(=O)OC)N[C@@H](c2ccc(O)cc2)[C@H]2C(=O)N(CC)C(=O)[C@H]21. The van der Waals surface area contributed by atoms with E-state index >= 15 is 0 Å². The van der Waals surface area contributed by atoms with Crippen LogP contribution < -0.4 is 5.32 Å². The number of nitrogens with zero attached hydrogens (tertiary/aromatic N) is 1. The highest BCUT2D eigenvalue weighted by Crippen LogP contribution is 2.50. The maximum Gasteiger partial charge on any atom is 0.326 e. The van der Waals surface area contributed by atoms with E-state index in [0.717, 1.165) is 5.56 Å². The van der Waals surface area contributed by atoms with E-state index in [2.05, 4.69) is 5.32 Å². The Labute approximate surface area is 152 Å². The Morgan fingerprint density at radius 1 is 1.23 bits per heavy atom. The number of rotatable bonds is 5. The number of carbonyl (C=O) groups is 3. The summed E-state index contributed by atoms with van der Waals surface area (Å²) >= 11 is 0. The first-order chi connectivity index (χ1) is 12.4. The molecule has 3 rings (SSSR count). The number of esters is 1. The quantitative estimate of drug-likeness (QED) is 0.608. The monoisotopic (exact) mass is 360 g/mol. The molecule has 0 radical (unpaired) electrons. The molecule has 2 fully saturated rings. The second kappa shape index (κ2) is 6.72. The van der Waals surface area contributed by atoms with E-state index in [0.29, 0.717) is 12.8 Å². The third-order valence-corrected chi connectivity index (χ3v) is 5.51. The fourth-order valence-corrected chi connectivity index (χ4v) is 4.44. The van der Waals surface area contributed by atoms with Crippen LogP contribution in [0.4, 0.5) is 0 Å². The first kappa shape index (κ1) is 18.4. The topological polar surface area (TPSA) is 95.9 Å². The van der Waals surface area contributed by atoms with Gasteiger partial charge in [-0.1, -0.05) is 25.5 Å². The van der Waals surface area contributed by atoms with Crippen molar-refractivity contribution < 1.29 is 24.2 Å². The van der Waals surface area contributed by atoms with Crippen LogP contribution in [0.5, 0.6) is 5.75 Å². The van der Waals surface area contributed by atoms with Crippen molar-refractivity contribution in [2.45, 2.75) is 38.3 Å². The van der Waals surface area contributed by atoms with Crippen LogP contribution in [-0.4, -0.2) is 47.0 Å². The predicted molar refractivity (Wildman–Crippen MR) is 93.0 cm³/mol. The molecular weight excluding hydrogens is 336 g/mol. The first-order valence-electron chi connectivity index (χ1n) is 8.91. The lowest BCUT2D eigenvalue weighted by Crippen LogP contribution is -2.56. The van der Waals surface area contributed by atoms with Crippen molar-refractivity contribution in [3.8, 4) is 5.75 Å². The summed E-state index contributed by atoms with van der Waals surface area (Å²) in [5.41, 5.74) is -0.480. The summed E-state index contributed by atoms with van der Waals surface area (Å²) in [6, 6.07) is 5.97. The molecule has 0 bridgehead atoms. The van der Waals surface area contributed by atoms with Gasteiger partial charge in [0.05, 0.1) is 18.9 Å². The van der Waals surface area contributed by atoms with E-state index in [1.807, 2.05) is 6.92 Å². The molecule has 0 aromatic heterocycles. The molecule has 0 aliphatic carbocycles. The van der Waals surface area contributed by atoms with Crippen LogP contribution in [0.25, 0.3) is 0 Å². The van der Waals surface area contributed by atoms with Gasteiger partial charge in [0.25, 0.3) is 0 Å². The number of nitrogens with one attached hydrogen (secondary N) is 1. The Bertz CT molecular complexity index is 732. The summed E-state index contributed by atoms with van der Waals surface area (Å²) in [5, 5.41) is 12.8. The maximum absolute atomic E-state index is 13.0. The van der Waals surface area contributed by atoms with Crippen molar-refractivity contribution in [3.05, 3.63) is 29.8 Å². The standard InChI is InChI=1S/C19H24N2O5/c1-4-10-19(18(25)26-3)14-13(16(23)21(5-2)17(14)24)15(20-19)11-6-8-12(22)9-7-11/h6-9,13-15,20,22H,4-5,10H2,1-3H3/t13-,14-,15-,19+/m0/s1. The van der Waals surface area contributed by atoms with E-state index in [1.165, 1.54) is 24.1 Å². The second-order valence-corrected chi connectivity index (χ2v) is 6.85. The maximum atomic E-state index is 13.0. The molecule has 7 nitrogen and oxygen atoms in total. The third-order valence-electron chi connectivity index (χ3n) is 5.51. The average molecular weight is 360 g/mol. The minimum atomic E-state index is -1.23. The van der Waals surface area contributed by atoms with E-state index in [4.69, 9.17) is 4.74 Å². The van der Waals surface area contributed by atoms with Gasteiger partial charge in [0.2, 0.25) is 11.8 Å². The third kappa shape index (κ3) is 2.49. The van der Waals surface area contributed by atoms with Gasteiger partial charge >= 0.3 is 5.97 Å². The molecule has 2 N–H and O–H groups in total. The molecule has 7 heteroatoms. The molecule has 1 aromatic rings. The van der Waals surface area contributed by atoms with Crippen LogP contribution in [-0.2, 0) is 19.1 Å². The fraction of sp³-hybridized carbons (Fsp3) is 0.526. The number of methoxy groups -OCH3 is 1. The van der Waals surface area contributed by atoms with Crippen LogP contribution in [0.1, 0.15) is 38.3 Å². The smallest absolute Gasteiger partial charge is 0.326 e. The van der Waals surface area contributed by atoms with Crippen LogP contribution in [0, 0.1) is 11.8 Å². The predicted octanol–water partition coefficient (Wildman–Crippen LogP) is 1.37. The van der Waals surface area contributed by atoms with Crippen molar-refractivity contribution in [2.75, 3.05) is 13.7 Å². The lowest BCUT2D eigenvalue weighted by molar-refractivity contribution is -0.154. The lowest BCUT2D eigenvalue weighted by Gasteiger charge is -2.32. The highest BCUT2D eigenvalue weighted by atomic mass is 16.5. The van der Waals surface area contributed by atoms with Gasteiger partial charge in [-0.05, 0) is 31.0 Å². The molecule has 0 saturated carbocycles. The van der Waals surface area contributed by atoms with Gasteiger partial charge in [0.15, 0.2) is 0 Å². The molecule has 140 valence electrons. The van der Waals surface area contributed by atoms with E-state index in [-0.39, 0.29) is 24.1 Å². The zero-order chi connectivity index (χ0) is 19.1. The van der Waals surface area contributed by atoms with Crippen LogP contribution >= 0.6 is 0 Å². The number of fused-ring (bicyclic) bond motifs is 1. The fourth-order valence-electron chi connectivity index (χ4n) is 4.44. The Morgan fingerprint density at radius 2 is 1.88 bits per heavy atom. The Kier molecular flexibility index (Phi) is 4.75. The normalized spacial score (nSPS) is 30.6. The summed E-state index contributed by atoms with van der Waals surface area (Å²) in [4.78, 5) is 39.9. The highest BCUT2D eigenvalue weighted by Gasteiger charge is 2.68. The Hall–Kier alpha value is -2.41. The summed E-state index contributed by atoms with van der Waals surface area (Å²) in [7, 11) is 1.29. The molecule has 4 atom stereocenters. The van der Waals surface area contributed by atoms with E-state index < -0.39 is 29.4 Å². The molecule has 2 aliphatic heterocycles. The number of likely N-dealkylation sites (tertiary alicyclic amines) is 1. The van der Waals surface area contributed by atoms with Crippen LogP contribution in [0.15, 0.2) is 24.3 Å². The molecule has 2 amide bonds. The zero-order valence-corrected chi connectivity index (χ0v) is 15.2. The molecule has 0 unspecified atom stereocenters. The largest absolute Gasteiger partial charge is 0.508 e. The van der Waals surface area contributed by atoms with Crippen molar-refractivity contribution in [3.63, 3.8) is 0 Å². The number of hydrogen-bond donors (Lipinski definition) is 2. The zero-order valence-electron chi connectivity index (χ0n) is 15.2. The summed E-state index contributed by atoms with van der Waals surface area (Å²) in [6.07, 6.45) is 1.05. The number of amides is 2. The highest BCUT2D eigenvalue weighted by molar-refractivity contribution is 6.09. The van der Waals surface area contributed by atoms with Crippen molar-refractivity contribution in [2.24, 2.45) is 11.8 Å². The summed E-state index contributed by atoms with van der Waals surface area (Å²) < 4.78 is 5.03. The Morgan fingerprint density at radius 3 is 2.42 bits per heavy atom. The van der Waals surface area contributed by atoms with Gasteiger partial charge in [-0.3, -0.25) is 24.6 Å². The van der Waals surface area contributed by atoms with Gasteiger partial charge in [-0.15, -0.1) is 0 Å². The lowest BCUT2D eigenvalue weighted by atomic mass is 9.77. The van der Waals surface area contributed by atoms with Gasteiger partial charge in [0.1, 0.15) is 11.3 Å². The number of phenols is 1. The molecule has 2 saturated heterocycles. The van der Waals surface area contributed by atoms with E-state index in [9.17, 15) is 19.5 Å². The number of benzene rings is 1. The number of ether oxygens (including phenoxy) is 1. The molecule has 26 heavy (non-hydrogen) atoms. The minimum Gasteiger partial charge on any atom is -0.508 e. The Balaban J connectivity index is 2.13. The van der Waals surface area contributed by atoms with Gasteiger partial charge in [0, 0.05) is 12.6 Å². The summed E-state index contributed by atoms with van der Waals surface area (Å²) in [6.45, 7) is 3.95. The van der Waals surface area contributed by atoms with Crippen molar-refractivity contribution in [1.29, 1.82) is 0 Å². The number of hydrogen-bond acceptors (Lipinski definition) is 6. The first-order valence-corrected chi connectivity index (χ1v) is 8.91. The van der Waals surface area contributed by atoms with Gasteiger partial charge < -0.3 is 9.84 Å². The van der Waals surface area contributed by atoms with E-state index in [1.54, 1.807) is 19.1 Å². The number of aromatic hydroxyl groups is 1. The van der Waals surface area contributed by atoms with Crippen LogP contribution in [0.3, 0.4) is 0 Å². The average Bonchev–Trinajstić information content (AvgIpc) is 3.10. The second-order valence-electron chi connectivity index (χ2n) is 6.85. The number of phenolic OH excluding ortho intramolecular Hbond substituents is 1. The van der Waals surface area contributed by atoms with Crippen LogP contribution in [0.2, 0.25) is 0 Å². The number of carbonyl (C=O) groups excluding carboxylic acids is 3. The van der Waals surface area contributed by atoms with Gasteiger partial charge in [-0.25, -0.2) is 0 Å². The van der Waals surface area contributed by atoms with Crippen molar-refractivity contribution >= 4 is 17.8 Å². The summed E-state index contributed by atoms with van der Waals surface area (Å²) in [5.74, 6) is -2.46. The van der Waals surface area contributed by atoms with Gasteiger partial charge in [-0.2, -0.15) is 0 Å².